The third-order valence-corrected chi connectivity index (χ3v) is 4.75. The number of halogens is 1. The van der Waals surface area contributed by atoms with Crippen molar-refractivity contribution < 1.29 is 4.79 Å². The molecule has 0 saturated carbocycles. The zero-order chi connectivity index (χ0) is 15.0. The molecule has 1 amide bonds. The second kappa shape index (κ2) is 9.14. The molecular formula is C15H23ClN2OS. The van der Waals surface area contributed by atoms with E-state index >= 15 is 0 Å². The molecule has 0 fully saturated rings. The number of rotatable bonds is 8. The van der Waals surface area contributed by atoms with Gasteiger partial charge in [-0.2, -0.15) is 11.8 Å². The Bertz CT molecular complexity index is 440. The summed E-state index contributed by atoms with van der Waals surface area (Å²) in [5.41, 5.74) is 6.82. The second-order valence-electron chi connectivity index (χ2n) is 4.98. The van der Waals surface area contributed by atoms with Crippen LogP contribution in [0.15, 0.2) is 18.2 Å². The van der Waals surface area contributed by atoms with Gasteiger partial charge in [0.2, 0.25) is 5.91 Å². The molecule has 1 aromatic rings. The zero-order valence-corrected chi connectivity index (χ0v) is 13.7. The van der Waals surface area contributed by atoms with Gasteiger partial charge in [-0.1, -0.05) is 31.9 Å². The van der Waals surface area contributed by atoms with Gasteiger partial charge in [-0.3, -0.25) is 4.79 Å². The van der Waals surface area contributed by atoms with E-state index in [2.05, 4.69) is 19.2 Å². The molecule has 0 bridgehead atoms. The minimum atomic E-state index is 0.000751. The zero-order valence-electron chi connectivity index (χ0n) is 12.1. The number of nitrogen functional groups attached to an aromatic ring is 1. The van der Waals surface area contributed by atoms with Crippen LogP contribution in [0.25, 0.3) is 0 Å². The first-order valence-electron chi connectivity index (χ1n) is 6.95. The Labute approximate surface area is 130 Å². The molecule has 1 atom stereocenters. The van der Waals surface area contributed by atoms with Gasteiger partial charge in [-0.25, -0.2) is 0 Å². The Morgan fingerprint density at radius 2 is 2.25 bits per heavy atom. The van der Waals surface area contributed by atoms with Crippen molar-refractivity contribution in [3.63, 3.8) is 0 Å². The van der Waals surface area contributed by atoms with E-state index in [9.17, 15) is 4.79 Å². The maximum Gasteiger partial charge on any atom is 0.224 e. The summed E-state index contributed by atoms with van der Waals surface area (Å²) in [7, 11) is 0. The smallest absolute Gasteiger partial charge is 0.224 e. The summed E-state index contributed by atoms with van der Waals surface area (Å²) >= 11 is 7.93. The van der Waals surface area contributed by atoms with E-state index in [0.29, 0.717) is 22.8 Å². The summed E-state index contributed by atoms with van der Waals surface area (Å²) in [4.78, 5) is 11.8. The Balaban J connectivity index is 2.23. The Morgan fingerprint density at radius 1 is 1.50 bits per heavy atom. The van der Waals surface area contributed by atoms with Crippen molar-refractivity contribution in [2.75, 3.05) is 22.6 Å². The van der Waals surface area contributed by atoms with Crippen molar-refractivity contribution >= 4 is 40.6 Å². The fraction of sp³-hybridized carbons (Fsp3) is 0.533. The fourth-order valence-corrected chi connectivity index (χ4v) is 2.97. The first-order chi connectivity index (χ1) is 9.52. The van der Waals surface area contributed by atoms with E-state index in [1.165, 1.54) is 12.2 Å². The van der Waals surface area contributed by atoms with Crippen LogP contribution in [-0.2, 0) is 4.79 Å². The number of nitrogens with one attached hydrogen (secondary N) is 1. The van der Waals surface area contributed by atoms with Gasteiger partial charge in [0.05, 0.1) is 10.7 Å². The Kier molecular flexibility index (Phi) is 7.85. The third kappa shape index (κ3) is 6.53. The van der Waals surface area contributed by atoms with Crippen molar-refractivity contribution in [3.05, 3.63) is 23.2 Å². The van der Waals surface area contributed by atoms with Crippen LogP contribution in [0.4, 0.5) is 11.4 Å². The molecule has 3 N–H and O–H groups in total. The predicted molar refractivity (Wildman–Crippen MR) is 90.5 cm³/mol. The van der Waals surface area contributed by atoms with Crippen LogP contribution < -0.4 is 11.1 Å². The first-order valence-corrected chi connectivity index (χ1v) is 8.48. The molecule has 20 heavy (non-hydrogen) atoms. The fourth-order valence-electron chi connectivity index (χ4n) is 1.58. The standard InChI is InChI=1S/C15H23ClN2OS/c1-3-11(2)10-20-8-4-5-15(19)18-14-7-6-12(17)9-13(14)16/h6-7,9,11H,3-5,8,10,17H2,1-2H3,(H,18,19). The van der Waals surface area contributed by atoms with Gasteiger partial charge in [0.1, 0.15) is 0 Å². The molecule has 0 aliphatic rings. The molecule has 112 valence electrons. The molecule has 0 aromatic heterocycles. The third-order valence-electron chi connectivity index (χ3n) is 3.06. The number of nitrogens with two attached hydrogens (primary N) is 1. The van der Waals surface area contributed by atoms with E-state index in [4.69, 9.17) is 17.3 Å². The minimum Gasteiger partial charge on any atom is -0.399 e. The van der Waals surface area contributed by atoms with E-state index in [1.807, 2.05) is 11.8 Å². The van der Waals surface area contributed by atoms with E-state index in [0.717, 1.165) is 18.1 Å². The molecule has 3 nitrogen and oxygen atoms in total. The van der Waals surface area contributed by atoms with Crippen molar-refractivity contribution in [2.24, 2.45) is 5.92 Å². The molecule has 0 aliphatic carbocycles. The van der Waals surface area contributed by atoms with Gasteiger partial charge in [0, 0.05) is 12.1 Å². The minimum absolute atomic E-state index is 0.000751. The average molecular weight is 315 g/mol. The number of carbonyl (C=O) groups excluding carboxylic acids is 1. The van der Waals surface area contributed by atoms with Crippen molar-refractivity contribution in [1.82, 2.24) is 0 Å². The van der Waals surface area contributed by atoms with Crippen LogP contribution >= 0.6 is 23.4 Å². The van der Waals surface area contributed by atoms with E-state index < -0.39 is 0 Å². The SMILES string of the molecule is CCC(C)CSCCCC(=O)Nc1ccc(N)cc1Cl. The summed E-state index contributed by atoms with van der Waals surface area (Å²) in [5.74, 6) is 2.94. The van der Waals surface area contributed by atoms with E-state index in [-0.39, 0.29) is 5.91 Å². The monoisotopic (exact) mass is 314 g/mol. The van der Waals surface area contributed by atoms with Gasteiger partial charge in [0.15, 0.2) is 0 Å². The molecular weight excluding hydrogens is 292 g/mol. The summed E-state index contributed by atoms with van der Waals surface area (Å²) in [6, 6.07) is 5.09. The van der Waals surface area contributed by atoms with Crippen LogP contribution in [0, 0.1) is 5.92 Å². The molecule has 0 spiro atoms. The number of hydrogen-bond donors (Lipinski definition) is 2. The van der Waals surface area contributed by atoms with Crippen LogP contribution in [0.2, 0.25) is 5.02 Å². The lowest BCUT2D eigenvalue weighted by molar-refractivity contribution is -0.116. The lowest BCUT2D eigenvalue weighted by Crippen LogP contribution is -2.12. The number of anilines is 2. The van der Waals surface area contributed by atoms with Crippen LogP contribution in [0.3, 0.4) is 0 Å². The molecule has 1 rings (SSSR count). The largest absolute Gasteiger partial charge is 0.399 e. The van der Waals surface area contributed by atoms with Crippen LogP contribution in [0.5, 0.6) is 0 Å². The Morgan fingerprint density at radius 3 is 2.90 bits per heavy atom. The van der Waals surface area contributed by atoms with Gasteiger partial charge in [-0.05, 0) is 42.0 Å². The number of benzene rings is 1. The lowest BCUT2D eigenvalue weighted by Gasteiger charge is -2.09. The number of hydrogen-bond acceptors (Lipinski definition) is 3. The molecule has 0 radical (unpaired) electrons. The van der Waals surface area contributed by atoms with Gasteiger partial charge in [-0.15, -0.1) is 0 Å². The Hall–Kier alpha value is -0.870. The summed E-state index contributed by atoms with van der Waals surface area (Å²) < 4.78 is 0. The maximum absolute atomic E-state index is 11.8. The maximum atomic E-state index is 11.8. The van der Waals surface area contributed by atoms with Crippen molar-refractivity contribution in [1.29, 1.82) is 0 Å². The highest BCUT2D eigenvalue weighted by molar-refractivity contribution is 7.99. The molecule has 0 aliphatic heterocycles. The normalized spacial score (nSPS) is 12.2. The highest BCUT2D eigenvalue weighted by atomic mass is 35.5. The van der Waals surface area contributed by atoms with Gasteiger partial charge < -0.3 is 11.1 Å². The summed E-state index contributed by atoms with van der Waals surface area (Å²) in [5, 5.41) is 3.29. The van der Waals surface area contributed by atoms with Gasteiger partial charge >= 0.3 is 0 Å². The molecule has 0 saturated heterocycles. The number of carbonyl (C=O) groups is 1. The van der Waals surface area contributed by atoms with Gasteiger partial charge in [0.25, 0.3) is 0 Å². The molecule has 0 heterocycles. The topological polar surface area (TPSA) is 55.1 Å². The average Bonchev–Trinajstić information content (AvgIpc) is 2.41. The summed E-state index contributed by atoms with van der Waals surface area (Å²) in [6.45, 7) is 4.46. The first kappa shape index (κ1) is 17.2. The van der Waals surface area contributed by atoms with Crippen LogP contribution in [-0.4, -0.2) is 17.4 Å². The highest BCUT2D eigenvalue weighted by Crippen LogP contribution is 2.24. The second-order valence-corrected chi connectivity index (χ2v) is 6.54. The lowest BCUT2D eigenvalue weighted by atomic mass is 10.2. The number of amides is 1. The number of thioether (sulfide) groups is 1. The summed E-state index contributed by atoms with van der Waals surface area (Å²) in [6.07, 6.45) is 2.62. The molecule has 5 heteroatoms. The molecule has 1 aromatic carbocycles. The highest BCUT2D eigenvalue weighted by Gasteiger charge is 2.06. The van der Waals surface area contributed by atoms with E-state index in [1.54, 1.807) is 18.2 Å². The quantitative estimate of drug-likeness (QED) is 0.551. The van der Waals surface area contributed by atoms with Crippen molar-refractivity contribution in [3.8, 4) is 0 Å². The molecule has 1 unspecified atom stereocenters. The predicted octanol–water partition coefficient (Wildman–Crippen LogP) is 4.42. The van der Waals surface area contributed by atoms with Crippen LogP contribution in [0.1, 0.15) is 33.1 Å². The van der Waals surface area contributed by atoms with Crippen molar-refractivity contribution in [2.45, 2.75) is 33.1 Å².